The Morgan fingerprint density at radius 3 is 2.79 bits per heavy atom. The van der Waals surface area contributed by atoms with Gasteiger partial charge < -0.3 is 4.74 Å². The Morgan fingerprint density at radius 1 is 1.17 bits per heavy atom. The minimum atomic E-state index is -0.292. The summed E-state index contributed by atoms with van der Waals surface area (Å²) in [6.45, 7) is 2.18. The van der Waals surface area contributed by atoms with Gasteiger partial charge in [-0.1, -0.05) is 40.2 Å². The van der Waals surface area contributed by atoms with E-state index in [0.717, 1.165) is 36.4 Å². The smallest absolute Gasteiger partial charge is 0.338 e. The van der Waals surface area contributed by atoms with Crippen molar-refractivity contribution in [2.24, 2.45) is 0 Å². The van der Waals surface area contributed by atoms with Crippen molar-refractivity contribution < 1.29 is 9.53 Å². The minimum absolute atomic E-state index is 0.292. The first-order valence-electron chi connectivity index (χ1n) is 9.02. The van der Waals surface area contributed by atoms with Gasteiger partial charge in [-0.15, -0.1) is 23.1 Å². The highest BCUT2D eigenvalue weighted by atomic mass is 79.9. The topological polar surface area (TPSA) is 52.1 Å². The number of halogens is 1. The molecule has 0 aliphatic rings. The summed E-state index contributed by atoms with van der Waals surface area (Å²) in [5, 5.41) is 4.15. The molecule has 0 N–H and O–H groups in total. The summed E-state index contributed by atoms with van der Waals surface area (Å²) < 4.78 is 6.15. The highest BCUT2D eigenvalue weighted by Crippen LogP contribution is 2.39. The third-order valence-corrected chi connectivity index (χ3v) is 6.78. The van der Waals surface area contributed by atoms with Gasteiger partial charge in [0, 0.05) is 21.2 Å². The first-order chi connectivity index (χ1) is 14.2. The Kier molecular flexibility index (Phi) is 6.28. The molecule has 4 aromatic rings. The molecule has 0 atom stereocenters. The number of esters is 1. The van der Waals surface area contributed by atoms with E-state index in [1.165, 1.54) is 0 Å². The first-order valence-corrected chi connectivity index (χ1v) is 11.7. The van der Waals surface area contributed by atoms with Crippen molar-refractivity contribution in [3.63, 3.8) is 0 Å². The summed E-state index contributed by atoms with van der Waals surface area (Å²) in [7, 11) is 0. The lowest BCUT2D eigenvalue weighted by molar-refractivity contribution is 0.0526. The molecule has 0 aliphatic carbocycles. The van der Waals surface area contributed by atoms with Crippen molar-refractivity contribution in [3.05, 3.63) is 75.8 Å². The Balaban J connectivity index is 1.62. The number of carbonyl (C=O) groups is 1. The van der Waals surface area contributed by atoms with Gasteiger partial charge in [-0.25, -0.2) is 14.8 Å². The number of hydrogen-bond donors (Lipinski definition) is 0. The number of rotatable bonds is 6. The van der Waals surface area contributed by atoms with Crippen molar-refractivity contribution in [1.82, 2.24) is 9.97 Å². The molecule has 0 fully saturated rings. The van der Waals surface area contributed by atoms with Gasteiger partial charge in [0.25, 0.3) is 0 Å². The highest BCUT2D eigenvalue weighted by molar-refractivity contribution is 9.10. The van der Waals surface area contributed by atoms with Crippen LogP contribution >= 0.6 is 39.0 Å². The molecule has 2 heterocycles. The zero-order valence-corrected chi connectivity index (χ0v) is 18.8. The molecule has 0 amide bonds. The molecule has 4 rings (SSSR count). The maximum absolute atomic E-state index is 12.0. The summed E-state index contributed by atoms with van der Waals surface area (Å²) in [5.41, 5.74) is 3.90. The van der Waals surface area contributed by atoms with Crippen molar-refractivity contribution >= 4 is 55.2 Å². The third-order valence-electron chi connectivity index (χ3n) is 4.30. The molecule has 0 bridgehead atoms. The number of nitrogens with zero attached hydrogens (tertiary/aromatic N) is 2. The minimum Gasteiger partial charge on any atom is -0.462 e. The Hall–Kier alpha value is -2.22. The number of thioether (sulfide) groups is 1. The maximum atomic E-state index is 12.0. The highest BCUT2D eigenvalue weighted by Gasteiger charge is 2.14. The largest absolute Gasteiger partial charge is 0.462 e. The average molecular weight is 485 g/mol. The van der Waals surface area contributed by atoms with Crippen LogP contribution in [0.2, 0.25) is 0 Å². The second-order valence-electron chi connectivity index (χ2n) is 6.22. The Bertz CT molecular complexity index is 1160. The van der Waals surface area contributed by atoms with E-state index in [-0.39, 0.29) is 5.97 Å². The average Bonchev–Trinajstić information content (AvgIpc) is 3.18. The molecule has 0 saturated carbocycles. The second kappa shape index (κ2) is 9.07. The van der Waals surface area contributed by atoms with Gasteiger partial charge >= 0.3 is 5.97 Å². The van der Waals surface area contributed by atoms with Gasteiger partial charge in [-0.2, -0.15) is 0 Å². The van der Waals surface area contributed by atoms with Crippen LogP contribution < -0.4 is 0 Å². The second-order valence-corrected chi connectivity index (χ2v) is 8.96. The van der Waals surface area contributed by atoms with Crippen molar-refractivity contribution in [1.29, 1.82) is 0 Å². The maximum Gasteiger partial charge on any atom is 0.338 e. The predicted molar refractivity (Wildman–Crippen MR) is 123 cm³/mol. The summed E-state index contributed by atoms with van der Waals surface area (Å²) in [4.78, 5) is 21.9. The van der Waals surface area contributed by atoms with Crippen LogP contribution in [-0.2, 0) is 10.5 Å². The van der Waals surface area contributed by atoms with Crippen molar-refractivity contribution in [2.75, 3.05) is 6.61 Å². The zero-order chi connectivity index (χ0) is 20.2. The molecule has 0 unspecified atom stereocenters. The van der Waals surface area contributed by atoms with E-state index in [0.29, 0.717) is 17.9 Å². The molecular weight excluding hydrogens is 468 g/mol. The number of benzene rings is 2. The van der Waals surface area contributed by atoms with Crippen LogP contribution in [0.1, 0.15) is 22.8 Å². The SMILES string of the molecule is CCOC(=O)c1cccc(CSc2ncnc3scc(-c4ccc(Br)cc4)c23)c1. The van der Waals surface area contributed by atoms with Gasteiger partial charge in [0.05, 0.1) is 17.6 Å². The quantitative estimate of drug-likeness (QED) is 0.175. The summed E-state index contributed by atoms with van der Waals surface area (Å²) in [6, 6.07) is 15.8. The van der Waals surface area contributed by atoms with Gasteiger partial charge in [0.15, 0.2) is 0 Å². The van der Waals surface area contributed by atoms with Crippen LogP contribution in [0.15, 0.2) is 69.7 Å². The van der Waals surface area contributed by atoms with Gasteiger partial charge in [0.1, 0.15) is 16.2 Å². The molecule has 29 heavy (non-hydrogen) atoms. The van der Waals surface area contributed by atoms with E-state index >= 15 is 0 Å². The van der Waals surface area contributed by atoms with Gasteiger partial charge in [-0.3, -0.25) is 0 Å². The van der Waals surface area contributed by atoms with E-state index < -0.39 is 0 Å². The molecule has 0 aliphatic heterocycles. The monoisotopic (exact) mass is 484 g/mol. The summed E-state index contributed by atoms with van der Waals surface area (Å²) in [6.07, 6.45) is 1.61. The lowest BCUT2D eigenvalue weighted by atomic mass is 10.1. The molecule has 7 heteroatoms. The Morgan fingerprint density at radius 2 is 2.00 bits per heavy atom. The van der Waals surface area contributed by atoms with Gasteiger partial charge in [0.2, 0.25) is 0 Å². The van der Waals surface area contributed by atoms with Crippen LogP contribution in [0.5, 0.6) is 0 Å². The molecular formula is C22H17BrN2O2S2. The molecule has 0 spiro atoms. The van der Waals surface area contributed by atoms with E-state index in [1.807, 2.05) is 37.3 Å². The number of carbonyl (C=O) groups excluding carboxylic acids is 1. The van der Waals surface area contributed by atoms with Crippen LogP contribution in [0.4, 0.5) is 0 Å². The molecule has 2 aromatic heterocycles. The summed E-state index contributed by atoms with van der Waals surface area (Å²) >= 11 is 6.76. The number of hydrogen-bond acceptors (Lipinski definition) is 6. The number of fused-ring (bicyclic) bond motifs is 1. The zero-order valence-electron chi connectivity index (χ0n) is 15.6. The molecule has 0 radical (unpaired) electrons. The predicted octanol–water partition coefficient (Wildman–Crippen LogP) is 6.59. The Labute approximate surface area is 185 Å². The van der Waals surface area contributed by atoms with E-state index in [2.05, 4.69) is 43.4 Å². The first kappa shape index (κ1) is 20.1. The van der Waals surface area contributed by atoms with Crippen LogP contribution in [0.3, 0.4) is 0 Å². The summed E-state index contributed by atoms with van der Waals surface area (Å²) in [5.74, 6) is 0.411. The van der Waals surface area contributed by atoms with Gasteiger partial charge in [-0.05, 0) is 42.3 Å². The molecule has 4 nitrogen and oxygen atoms in total. The van der Waals surface area contributed by atoms with E-state index in [4.69, 9.17) is 4.74 Å². The number of thiophene rings is 1. The molecule has 0 saturated heterocycles. The van der Waals surface area contributed by atoms with Crippen LogP contribution in [-0.4, -0.2) is 22.5 Å². The van der Waals surface area contributed by atoms with Crippen molar-refractivity contribution in [3.8, 4) is 11.1 Å². The standard InChI is InChI=1S/C22H17BrN2O2S2/c1-2-27-22(26)16-5-3-4-14(10-16)11-28-20-19-18(12-29-21(19)25-13-24-20)15-6-8-17(23)9-7-15/h3-10,12-13H,2,11H2,1H3. The van der Waals surface area contributed by atoms with Crippen LogP contribution in [0.25, 0.3) is 21.3 Å². The van der Waals surface area contributed by atoms with Crippen molar-refractivity contribution in [2.45, 2.75) is 17.7 Å². The fourth-order valence-electron chi connectivity index (χ4n) is 2.95. The number of ether oxygens (including phenoxy) is 1. The fraction of sp³-hybridized carbons (Fsp3) is 0.136. The fourth-order valence-corrected chi connectivity index (χ4v) is 5.15. The third kappa shape index (κ3) is 4.52. The van der Waals surface area contributed by atoms with E-state index in [1.54, 1.807) is 35.5 Å². The van der Waals surface area contributed by atoms with Crippen LogP contribution in [0, 0.1) is 0 Å². The molecule has 146 valence electrons. The molecule has 2 aromatic carbocycles. The normalized spacial score (nSPS) is 11.0. The number of aromatic nitrogens is 2. The van der Waals surface area contributed by atoms with E-state index in [9.17, 15) is 4.79 Å². The lowest BCUT2D eigenvalue weighted by Crippen LogP contribution is -2.04. The lowest BCUT2D eigenvalue weighted by Gasteiger charge is -2.07.